The van der Waals surface area contributed by atoms with Gasteiger partial charge in [0, 0.05) is 12.2 Å². The Morgan fingerprint density at radius 3 is 2.56 bits per heavy atom. The topological polar surface area (TPSA) is 20.3 Å². The molecule has 1 aliphatic carbocycles. The van der Waals surface area contributed by atoms with Crippen molar-refractivity contribution in [3.63, 3.8) is 0 Å². The van der Waals surface area contributed by atoms with Gasteiger partial charge in [-0.25, -0.2) is 0 Å². The highest BCUT2D eigenvalue weighted by atomic mass is 35.5. The predicted octanol–water partition coefficient (Wildman–Crippen LogP) is 3.97. The van der Waals surface area contributed by atoms with Crippen molar-refractivity contribution in [3.8, 4) is 0 Å². The van der Waals surface area contributed by atoms with Crippen molar-refractivity contribution < 1.29 is 4.79 Å². The molecule has 0 bridgehead atoms. The molecule has 1 rings (SSSR count). The second-order valence-corrected chi connectivity index (χ2v) is 6.84. The number of hydrogen-bond donors (Lipinski definition) is 0. The second kappa shape index (κ2) is 5.48. The molecule has 0 aromatic heterocycles. The van der Waals surface area contributed by atoms with Crippen LogP contribution in [0.1, 0.15) is 40.5 Å². The summed E-state index contributed by atoms with van der Waals surface area (Å²) in [6, 6.07) is 0. The number of halogens is 1. The van der Waals surface area contributed by atoms with Gasteiger partial charge >= 0.3 is 0 Å². The molecule has 3 heteroatoms. The molecule has 0 fully saturated rings. The van der Waals surface area contributed by atoms with Crippen molar-refractivity contribution in [1.82, 2.24) is 4.90 Å². The van der Waals surface area contributed by atoms with Crippen molar-refractivity contribution in [1.29, 1.82) is 0 Å². The third-order valence-electron chi connectivity index (χ3n) is 3.22. The molecule has 0 atom stereocenters. The number of amides is 1. The van der Waals surface area contributed by atoms with Crippen LogP contribution >= 0.6 is 11.6 Å². The summed E-state index contributed by atoms with van der Waals surface area (Å²) in [6.45, 7) is 13.2. The third-order valence-corrected chi connectivity index (χ3v) is 3.45. The first-order valence-electron chi connectivity index (χ1n) is 6.40. The molecule has 1 aliphatic rings. The summed E-state index contributed by atoms with van der Waals surface area (Å²) >= 11 is 5.69. The summed E-state index contributed by atoms with van der Waals surface area (Å²) < 4.78 is 0. The fourth-order valence-corrected chi connectivity index (χ4v) is 3.24. The van der Waals surface area contributed by atoms with Gasteiger partial charge in [0.05, 0.1) is 0 Å². The monoisotopic (exact) mass is 269 g/mol. The Morgan fingerprint density at radius 1 is 1.50 bits per heavy atom. The highest BCUT2D eigenvalue weighted by Crippen LogP contribution is 2.45. The van der Waals surface area contributed by atoms with Gasteiger partial charge in [0.25, 0.3) is 0 Å². The first-order chi connectivity index (χ1) is 8.21. The van der Waals surface area contributed by atoms with Gasteiger partial charge in [-0.1, -0.05) is 39.8 Å². The Kier molecular flexibility index (Phi) is 4.66. The molecule has 2 nitrogen and oxygen atoms in total. The molecule has 0 N–H and O–H groups in total. The van der Waals surface area contributed by atoms with Gasteiger partial charge in [-0.15, -0.1) is 18.2 Å². The lowest BCUT2D eigenvalue weighted by molar-refractivity contribution is -0.126. The zero-order chi connectivity index (χ0) is 14.0. The maximum absolute atomic E-state index is 11.9. The number of rotatable bonds is 4. The molecule has 0 radical (unpaired) electrons. The first kappa shape index (κ1) is 15.3. The van der Waals surface area contributed by atoms with Crippen LogP contribution in [0.5, 0.6) is 0 Å². The van der Waals surface area contributed by atoms with E-state index >= 15 is 0 Å². The molecular formula is C15H24ClNO. The Labute approximate surface area is 116 Å². The van der Waals surface area contributed by atoms with Gasteiger partial charge in [0.15, 0.2) is 0 Å². The fourth-order valence-electron chi connectivity index (χ4n) is 3.09. The van der Waals surface area contributed by atoms with Crippen LogP contribution in [0, 0.1) is 10.8 Å². The van der Waals surface area contributed by atoms with E-state index in [1.807, 2.05) is 0 Å². The SMILES string of the molecule is C=CCN(C(=O)CCl)C1=CC(C)(C)CC(C)(C)C1. The fraction of sp³-hybridized carbons (Fsp3) is 0.667. The van der Waals surface area contributed by atoms with Crippen LogP contribution in [0.2, 0.25) is 0 Å². The highest BCUT2D eigenvalue weighted by molar-refractivity contribution is 6.27. The summed E-state index contributed by atoms with van der Waals surface area (Å²) in [6.07, 6.45) is 6.00. The van der Waals surface area contributed by atoms with Gasteiger partial charge in [0.2, 0.25) is 5.91 Å². The third kappa shape index (κ3) is 3.88. The number of alkyl halides is 1. The number of carbonyl (C=O) groups is 1. The van der Waals surface area contributed by atoms with Gasteiger partial charge < -0.3 is 4.90 Å². The standard InChI is InChI=1S/C15H24ClNO/c1-6-7-17(13(18)10-16)12-8-14(2,3)11-15(4,5)9-12/h6,8H,1,7,9-11H2,2-5H3. The Morgan fingerprint density at radius 2 is 2.11 bits per heavy atom. The first-order valence-corrected chi connectivity index (χ1v) is 6.93. The summed E-state index contributed by atoms with van der Waals surface area (Å²) in [5, 5.41) is 0. The van der Waals surface area contributed by atoms with Crippen LogP contribution in [-0.4, -0.2) is 23.2 Å². The number of carbonyl (C=O) groups excluding carboxylic acids is 1. The molecule has 0 saturated carbocycles. The van der Waals surface area contributed by atoms with Crippen LogP contribution in [0.4, 0.5) is 0 Å². The Balaban J connectivity index is 3.07. The summed E-state index contributed by atoms with van der Waals surface area (Å²) in [4.78, 5) is 13.7. The average Bonchev–Trinajstić information content (AvgIpc) is 2.20. The van der Waals surface area contributed by atoms with Crippen LogP contribution in [0.15, 0.2) is 24.4 Å². The zero-order valence-electron chi connectivity index (χ0n) is 11.9. The van der Waals surface area contributed by atoms with E-state index < -0.39 is 0 Å². The quantitative estimate of drug-likeness (QED) is 0.559. The predicted molar refractivity (Wildman–Crippen MR) is 77.5 cm³/mol. The Hall–Kier alpha value is -0.760. The minimum absolute atomic E-state index is 0.0199. The van der Waals surface area contributed by atoms with E-state index in [9.17, 15) is 4.79 Å². The molecule has 0 saturated heterocycles. The average molecular weight is 270 g/mol. The van der Waals surface area contributed by atoms with E-state index in [2.05, 4.69) is 40.3 Å². The van der Waals surface area contributed by atoms with Crippen molar-refractivity contribution in [3.05, 3.63) is 24.4 Å². The molecule has 0 aromatic rings. The molecule has 0 spiro atoms. The lowest BCUT2D eigenvalue weighted by atomic mass is 9.68. The van der Waals surface area contributed by atoms with Crippen molar-refractivity contribution in [2.24, 2.45) is 10.8 Å². The smallest absolute Gasteiger partial charge is 0.241 e. The van der Waals surface area contributed by atoms with E-state index in [1.54, 1.807) is 11.0 Å². The zero-order valence-corrected chi connectivity index (χ0v) is 12.7. The maximum Gasteiger partial charge on any atom is 0.241 e. The van der Waals surface area contributed by atoms with E-state index in [1.165, 1.54) is 0 Å². The number of hydrogen-bond acceptors (Lipinski definition) is 1. The second-order valence-electron chi connectivity index (χ2n) is 6.57. The van der Waals surface area contributed by atoms with Crippen LogP contribution in [0.25, 0.3) is 0 Å². The van der Waals surface area contributed by atoms with Crippen LogP contribution in [0.3, 0.4) is 0 Å². The molecule has 18 heavy (non-hydrogen) atoms. The molecule has 0 aromatic carbocycles. The van der Waals surface area contributed by atoms with Gasteiger partial charge in [0.1, 0.15) is 5.88 Å². The van der Waals surface area contributed by atoms with Crippen LogP contribution in [-0.2, 0) is 4.79 Å². The summed E-state index contributed by atoms with van der Waals surface area (Å²) in [5.74, 6) is -0.0252. The molecule has 0 heterocycles. The normalized spacial score (nSPS) is 21.1. The van der Waals surface area contributed by atoms with Crippen molar-refractivity contribution >= 4 is 17.5 Å². The van der Waals surface area contributed by atoms with Crippen molar-refractivity contribution in [2.75, 3.05) is 12.4 Å². The van der Waals surface area contributed by atoms with E-state index in [-0.39, 0.29) is 22.6 Å². The van der Waals surface area contributed by atoms with Gasteiger partial charge in [-0.05, 0) is 23.7 Å². The lowest BCUT2D eigenvalue weighted by Crippen LogP contribution is -2.38. The molecule has 0 aliphatic heterocycles. The van der Waals surface area contributed by atoms with E-state index in [0.29, 0.717) is 6.54 Å². The molecule has 102 valence electrons. The van der Waals surface area contributed by atoms with Crippen LogP contribution < -0.4 is 0 Å². The number of allylic oxidation sites excluding steroid dienone is 2. The molecular weight excluding hydrogens is 246 g/mol. The van der Waals surface area contributed by atoms with Crippen molar-refractivity contribution in [2.45, 2.75) is 40.5 Å². The molecule has 1 amide bonds. The van der Waals surface area contributed by atoms with Gasteiger partial charge in [-0.2, -0.15) is 0 Å². The minimum Gasteiger partial charge on any atom is -0.312 e. The number of nitrogens with zero attached hydrogens (tertiary/aromatic N) is 1. The largest absolute Gasteiger partial charge is 0.312 e. The summed E-state index contributed by atoms with van der Waals surface area (Å²) in [5.41, 5.74) is 1.41. The van der Waals surface area contributed by atoms with Gasteiger partial charge in [-0.3, -0.25) is 4.79 Å². The maximum atomic E-state index is 11.9. The molecule has 0 unspecified atom stereocenters. The Bertz CT molecular complexity index is 369. The highest BCUT2D eigenvalue weighted by Gasteiger charge is 2.35. The van der Waals surface area contributed by atoms with E-state index in [0.717, 1.165) is 18.5 Å². The minimum atomic E-state index is -0.0451. The van der Waals surface area contributed by atoms with E-state index in [4.69, 9.17) is 11.6 Å². The summed E-state index contributed by atoms with van der Waals surface area (Å²) in [7, 11) is 0. The lowest BCUT2D eigenvalue weighted by Gasteiger charge is -2.42.